The zero-order valence-corrected chi connectivity index (χ0v) is 13.4. The second-order valence-electron chi connectivity index (χ2n) is 6.13. The molecule has 0 unspecified atom stereocenters. The number of phenols is 1. The van der Waals surface area contributed by atoms with E-state index in [1.807, 2.05) is 58.0 Å². The lowest BCUT2D eigenvalue weighted by atomic mass is 9.84. The molecule has 2 rings (SSSR count). The molecule has 116 valence electrons. The van der Waals surface area contributed by atoms with Crippen LogP contribution >= 0.6 is 0 Å². The smallest absolute Gasteiger partial charge is 0.336 e. The summed E-state index contributed by atoms with van der Waals surface area (Å²) in [6.45, 7) is 7.84. The topological polar surface area (TPSA) is 57.5 Å². The van der Waals surface area contributed by atoms with Gasteiger partial charge in [-0.25, -0.2) is 4.79 Å². The highest BCUT2D eigenvalue weighted by molar-refractivity contribution is 5.98. The second kappa shape index (κ2) is 6.22. The summed E-state index contributed by atoms with van der Waals surface area (Å²) < 4.78 is 0. The van der Waals surface area contributed by atoms with E-state index in [0.29, 0.717) is 16.7 Å². The number of benzene rings is 2. The Kier molecular flexibility index (Phi) is 4.55. The van der Waals surface area contributed by atoms with Gasteiger partial charge in [0.25, 0.3) is 0 Å². The zero-order chi connectivity index (χ0) is 16.4. The average Bonchev–Trinajstić information content (AvgIpc) is 2.46. The maximum atomic E-state index is 11.8. The molecule has 0 fully saturated rings. The molecule has 0 radical (unpaired) electrons. The molecule has 3 heteroatoms. The Morgan fingerprint density at radius 2 is 1.59 bits per heavy atom. The van der Waals surface area contributed by atoms with Crippen LogP contribution in [0.15, 0.2) is 36.4 Å². The van der Waals surface area contributed by atoms with E-state index < -0.39 is 5.97 Å². The molecule has 3 nitrogen and oxygen atoms in total. The number of carboxylic acids is 1. The fourth-order valence-electron chi connectivity index (χ4n) is 2.80. The summed E-state index contributed by atoms with van der Waals surface area (Å²) in [5, 5.41) is 20.3. The minimum atomic E-state index is -0.970. The quantitative estimate of drug-likeness (QED) is 0.834. The highest BCUT2D eigenvalue weighted by Gasteiger charge is 2.24. The van der Waals surface area contributed by atoms with Crippen molar-refractivity contribution in [3.05, 3.63) is 53.1 Å². The van der Waals surface area contributed by atoms with E-state index in [2.05, 4.69) is 0 Å². The van der Waals surface area contributed by atoms with Gasteiger partial charge in [-0.05, 0) is 29.0 Å². The summed E-state index contributed by atoms with van der Waals surface area (Å²) >= 11 is 0. The van der Waals surface area contributed by atoms with E-state index in [4.69, 9.17) is 0 Å². The molecule has 2 aromatic carbocycles. The minimum absolute atomic E-state index is 0.0204. The normalized spacial score (nSPS) is 11.2. The van der Waals surface area contributed by atoms with E-state index in [1.54, 1.807) is 6.07 Å². The molecule has 0 spiro atoms. The molecule has 2 N–H and O–H groups in total. The molecule has 0 saturated carbocycles. The lowest BCUT2D eigenvalue weighted by Crippen LogP contribution is -2.07. The van der Waals surface area contributed by atoms with E-state index in [1.165, 1.54) is 0 Å². The summed E-state index contributed by atoms with van der Waals surface area (Å²) in [4.78, 5) is 11.8. The van der Waals surface area contributed by atoms with Crippen molar-refractivity contribution in [1.29, 1.82) is 0 Å². The lowest BCUT2D eigenvalue weighted by Gasteiger charge is -2.22. The van der Waals surface area contributed by atoms with Crippen LogP contribution in [-0.2, 0) is 0 Å². The first-order chi connectivity index (χ1) is 10.3. The number of carboxylic acid groups (broad SMARTS) is 1. The molecule has 0 aliphatic carbocycles. The van der Waals surface area contributed by atoms with Gasteiger partial charge in [-0.1, -0.05) is 58.0 Å². The molecule has 0 atom stereocenters. The van der Waals surface area contributed by atoms with Crippen LogP contribution < -0.4 is 0 Å². The van der Waals surface area contributed by atoms with Crippen LogP contribution in [0.2, 0.25) is 0 Å². The summed E-state index contributed by atoms with van der Waals surface area (Å²) in [5.41, 5.74) is 3.06. The first-order valence-electron chi connectivity index (χ1n) is 7.53. The van der Waals surface area contributed by atoms with Gasteiger partial charge in [0.05, 0.1) is 5.56 Å². The van der Waals surface area contributed by atoms with Crippen molar-refractivity contribution in [2.24, 2.45) is 0 Å². The maximum absolute atomic E-state index is 11.8. The van der Waals surface area contributed by atoms with Gasteiger partial charge >= 0.3 is 5.97 Å². The number of carbonyl (C=O) groups is 1. The molecular formula is C19H22O3. The molecule has 0 aromatic heterocycles. The number of hydrogen-bond donors (Lipinski definition) is 2. The highest BCUT2D eigenvalue weighted by atomic mass is 16.4. The number of rotatable bonds is 4. The predicted octanol–water partition coefficient (Wildman–Crippen LogP) is 5.00. The SMILES string of the molecule is CC(C)c1cc(C(=O)O)c(-c2ccccc2)c(C(C)C)c1O. The summed E-state index contributed by atoms with van der Waals surface area (Å²) in [6.07, 6.45) is 0. The fourth-order valence-corrected chi connectivity index (χ4v) is 2.80. The van der Waals surface area contributed by atoms with E-state index in [9.17, 15) is 15.0 Å². The number of aromatic hydroxyl groups is 1. The predicted molar refractivity (Wildman–Crippen MR) is 88.7 cm³/mol. The first kappa shape index (κ1) is 16.1. The van der Waals surface area contributed by atoms with Crippen LogP contribution in [-0.4, -0.2) is 16.2 Å². The second-order valence-corrected chi connectivity index (χ2v) is 6.13. The van der Waals surface area contributed by atoms with Crippen molar-refractivity contribution in [3.8, 4) is 16.9 Å². The van der Waals surface area contributed by atoms with Gasteiger partial charge in [-0.15, -0.1) is 0 Å². The number of aromatic carboxylic acids is 1. The largest absolute Gasteiger partial charge is 0.507 e. The van der Waals surface area contributed by atoms with Crippen molar-refractivity contribution in [3.63, 3.8) is 0 Å². The molecule has 0 bridgehead atoms. The van der Waals surface area contributed by atoms with Crippen molar-refractivity contribution in [2.45, 2.75) is 39.5 Å². The van der Waals surface area contributed by atoms with Crippen molar-refractivity contribution < 1.29 is 15.0 Å². The monoisotopic (exact) mass is 298 g/mol. The maximum Gasteiger partial charge on any atom is 0.336 e. The third kappa shape index (κ3) is 2.84. The van der Waals surface area contributed by atoms with Gasteiger partial charge in [0.2, 0.25) is 0 Å². The van der Waals surface area contributed by atoms with Crippen molar-refractivity contribution >= 4 is 5.97 Å². The Morgan fingerprint density at radius 3 is 2.05 bits per heavy atom. The van der Waals surface area contributed by atoms with Gasteiger partial charge in [0, 0.05) is 11.1 Å². The van der Waals surface area contributed by atoms with Crippen LogP contribution in [0.3, 0.4) is 0 Å². The third-order valence-electron chi connectivity index (χ3n) is 3.86. The molecule has 0 amide bonds. The lowest BCUT2D eigenvalue weighted by molar-refractivity contribution is 0.0697. The summed E-state index contributed by atoms with van der Waals surface area (Å²) in [6, 6.07) is 11.0. The van der Waals surface area contributed by atoms with Crippen LogP contribution in [0.5, 0.6) is 5.75 Å². The molecule has 0 heterocycles. The van der Waals surface area contributed by atoms with Gasteiger partial charge in [0.1, 0.15) is 5.75 Å². The van der Waals surface area contributed by atoms with Gasteiger partial charge in [-0.3, -0.25) is 0 Å². The Labute approximate surface area is 131 Å². The fraction of sp³-hybridized carbons (Fsp3) is 0.316. The number of phenolic OH excluding ortho intramolecular Hbond substituents is 1. The van der Waals surface area contributed by atoms with Crippen LogP contribution in [0.4, 0.5) is 0 Å². The number of hydrogen-bond acceptors (Lipinski definition) is 2. The molecular weight excluding hydrogens is 276 g/mol. The summed E-state index contributed by atoms with van der Waals surface area (Å²) in [7, 11) is 0. The van der Waals surface area contributed by atoms with Gasteiger partial charge < -0.3 is 10.2 Å². The average molecular weight is 298 g/mol. The van der Waals surface area contributed by atoms with Gasteiger partial charge in [0.15, 0.2) is 0 Å². The zero-order valence-electron chi connectivity index (χ0n) is 13.4. The van der Waals surface area contributed by atoms with Crippen molar-refractivity contribution in [1.82, 2.24) is 0 Å². The molecule has 0 aliphatic rings. The van der Waals surface area contributed by atoms with Crippen LogP contribution in [0.1, 0.15) is 61.0 Å². The first-order valence-corrected chi connectivity index (χ1v) is 7.53. The standard InChI is InChI=1S/C19H22O3/c1-11(2)14-10-15(19(21)22)17(13-8-6-5-7-9-13)16(12(3)4)18(14)20/h5-12,20H,1-4H3,(H,21,22). The van der Waals surface area contributed by atoms with Crippen molar-refractivity contribution in [2.75, 3.05) is 0 Å². The Bertz CT molecular complexity index is 686. The summed E-state index contributed by atoms with van der Waals surface area (Å²) in [5.74, 6) is -0.677. The van der Waals surface area contributed by atoms with Gasteiger partial charge in [-0.2, -0.15) is 0 Å². The highest BCUT2D eigenvalue weighted by Crippen LogP contribution is 2.42. The molecule has 0 saturated heterocycles. The van der Waals surface area contributed by atoms with E-state index >= 15 is 0 Å². The van der Waals surface area contributed by atoms with E-state index in [0.717, 1.165) is 5.56 Å². The molecule has 22 heavy (non-hydrogen) atoms. The Hall–Kier alpha value is -2.29. The molecule has 2 aromatic rings. The minimum Gasteiger partial charge on any atom is -0.507 e. The van der Waals surface area contributed by atoms with Crippen LogP contribution in [0, 0.1) is 0 Å². The van der Waals surface area contributed by atoms with Crippen LogP contribution in [0.25, 0.3) is 11.1 Å². The van der Waals surface area contributed by atoms with E-state index in [-0.39, 0.29) is 23.1 Å². The third-order valence-corrected chi connectivity index (χ3v) is 3.86. The Balaban J connectivity index is 2.91. The Morgan fingerprint density at radius 1 is 1.00 bits per heavy atom. The molecule has 0 aliphatic heterocycles.